The van der Waals surface area contributed by atoms with Gasteiger partial charge in [0.2, 0.25) is 0 Å². The molecule has 140 valence electrons. The second-order valence-corrected chi connectivity index (χ2v) is 7.58. The molecule has 0 aromatic carbocycles. The van der Waals surface area contributed by atoms with Gasteiger partial charge in [-0.3, -0.25) is 9.69 Å². The lowest BCUT2D eigenvalue weighted by Gasteiger charge is -2.37. The van der Waals surface area contributed by atoms with Crippen molar-refractivity contribution in [1.82, 2.24) is 14.5 Å². The van der Waals surface area contributed by atoms with Gasteiger partial charge in [0.15, 0.2) is 5.82 Å². The van der Waals surface area contributed by atoms with Gasteiger partial charge in [-0.15, -0.1) is 0 Å². The van der Waals surface area contributed by atoms with Crippen LogP contribution in [0.1, 0.15) is 40.0 Å². The number of rotatable bonds is 5. The van der Waals surface area contributed by atoms with E-state index in [-0.39, 0.29) is 5.56 Å². The van der Waals surface area contributed by atoms with Crippen molar-refractivity contribution in [3.63, 3.8) is 0 Å². The first-order valence-electron chi connectivity index (χ1n) is 9.75. The molecule has 2 aliphatic rings. The molecule has 0 N–H and O–H groups in total. The van der Waals surface area contributed by atoms with E-state index in [1.807, 2.05) is 6.92 Å². The van der Waals surface area contributed by atoms with Crippen LogP contribution in [0.5, 0.6) is 0 Å². The zero-order valence-corrected chi connectivity index (χ0v) is 15.9. The van der Waals surface area contributed by atoms with Crippen LogP contribution >= 0.6 is 0 Å². The van der Waals surface area contributed by atoms with E-state index in [0.29, 0.717) is 24.6 Å². The Balaban J connectivity index is 1.48. The number of anilines is 1. The van der Waals surface area contributed by atoms with Crippen LogP contribution in [0.15, 0.2) is 17.2 Å². The summed E-state index contributed by atoms with van der Waals surface area (Å²) in [6.45, 7) is 12.2. The first-order valence-corrected chi connectivity index (χ1v) is 9.75. The van der Waals surface area contributed by atoms with Gasteiger partial charge in [0, 0.05) is 45.1 Å². The average molecular weight is 348 g/mol. The molecule has 2 saturated heterocycles. The second kappa shape index (κ2) is 8.32. The highest BCUT2D eigenvalue weighted by Crippen LogP contribution is 2.23. The number of morpholine rings is 1. The summed E-state index contributed by atoms with van der Waals surface area (Å²) >= 11 is 0. The molecule has 6 nitrogen and oxygen atoms in total. The SMILES string of the molecule is CCn1ccnc(N2CCC(CCN3CC(C)OC(C)C3)CC2)c1=O. The third-order valence-corrected chi connectivity index (χ3v) is 5.50. The molecule has 0 bridgehead atoms. The Kier molecular flexibility index (Phi) is 6.12. The zero-order valence-electron chi connectivity index (χ0n) is 15.9. The van der Waals surface area contributed by atoms with Crippen LogP contribution in [-0.2, 0) is 11.3 Å². The Bertz CT molecular complexity index is 600. The fourth-order valence-corrected chi connectivity index (χ4v) is 4.17. The van der Waals surface area contributed by atoms with Gasteiger partial charge >= 0.3 is 0 Å². The van der Waals surface area contributed by atoms with E-state index in [1.54, 1.807) is 17.0 Å². The third-order valence-electron chi connectivity index (χ3n) is 5.50. The van der Waals surface area contributed by atoms with E-state index >= 15 is 0 Å². The molecule has 2 aliphatic heterocycles. The van der Waals surface area contributed by atoms with Gasteiger partial charge in [-0.2, -0.15) is 0 Å². The third kappa shape index (κ3) is 4.61. The quantitative estimate of drug-likeness (QED) is 0.814. The van der Waals surface area contributed by atoms with E-state index in [2.05, 4.69) is 28.6 Å². The normalized spacial score (nSPS) is 26.1. The van der Waals surface area contributed by atoms with Crippen molar-refractivity contribution in [2.45, 2.75) is 58.8 Å². The molecule has 2 atom stereocenters. The van der Waals surface area contributed by atoms with Gasteiger partial charge in [-0.1, -0.05) is 0 Å². The van der Waals surface area contributed by atoms with Crippen molar-refractivity contribution in [3.05, 3.63) is 22.7 Å². The maximum atomic E-state index is 12.4. The van der Waals surface area contributed by atoms with E-state index in [9.17, 15) is 4.79 Å². The molecule has 0 radical (unpaired) electrons. The van der Waals surface area contributed by atoms with Crippen molar-refractivity contribution >= 4 is 5.82 Å². The highest BCUT2D eigenvalue weighted by atomic mass is 16.5. The number of ether oxygens (including phenoxy) is 1. The van der Waals surface area contributed by atoms with Crippen molar-refractivity contribution < 1.29 is 4.74 Å². The monoisotopic (exact) mass is 348 g/mol. The van der Waals surface area contributed by atoms with Crippen LogP contribution in [0.25, 0.3) is 0 Å². The molecule has 0 aliphatic carbocycles. The predicted octanol–water partition coefficient (Wildman–Crippen LogP) is 1.98. The Hall–Kier alpha value is -1.40. The summed E-state index contributed by atoms with van der Waals surface area (Å²) < 4.78 is 7.55. The van der Waals surface area contributed by atoms with Crippen LogP contribution in [0, 0.1) is 5.92 Å². The van der Waals surface area contributed by atoms with Crippen LogP contribution in [0.4, 0.5) is 5.82 Å². The van der Waals surface area contributed by atoms with Gasteiger partial charge < -0.3 is 14.2 Å². The molecule has 1 aromatic rings. The smallest absolute Gasteiger partial charge is 0.293 e. The Labute approximate surface area is 150 Å². The van der Waals surface area contributed by atoms with Gasteiger partial charge in [0.05, 0.1) is 12.2 Å². The Morgan fingerprint density at radius 2 is 1.88 bits per heavy atom. The molecule has 6 heteroatoms. The summed E-state index contributed by atoms with van der Waals surface area (Å²) in [6, 6.07) is 0. The van der Waals surface area contributed by atoms with Crippen LogP contribution < -0.4 is 10.5 Å². The summed E-state index contributed by atoms with van der Waals surface area (Å²) in [5, 5.41) is 0. The van der Waals surface area contributed by atoms with Crippen molar-refractivity contribution in [1.29, 1.82) is 0 Å². The van der Waals surface area contributed by atoms with Gasteiger partial charge in [0.1, 0.15) is 0 Å². The van der Waals surface area contributed by atoms with E-state index in [4.69, 9.17) is 4.74 Å². The number of hydrogen-bond donors (Lipinski definition) is 0. The predicted molar refractivity (Wildman–Crippen MR) is 100 cm³/mol. The zero-order chi connectivity index (χ0) is 17.8. The van der Waals surface area contributed by atoms with Crippen LogP contribution in [0.3, 0.4) is 0 Å². The minimum atomic E-state index is 0.0414. The summed E-state index contributed by atoms with van der Waals surface area (Å²) in [7, 11) is 0. The van der Waals surface area contributed by atoms with Gasteiger partial charge in [-0.05, 0) is 52.5 Å². The summed E-state index contributed by atoms with van der Waals surface area (Å²) in [5.74, 6) is 1.38. The van der Waals surface area contributed by atoms with Gasteiger partial charge in [-0.25, -0.2) is 4.98 Å². The number of aryl methyl sites for hydroxylation is 1. The minimum absolute atomic E-state index is 0.0414. The van der Waals surface area contributed by atoms with Crippen LogP contribution in [-0.4, -0.2) is 59.4 Å². The van der Waals surface area contributed by atoms with Gasteiger partial charge in [0.25, 0.3) is 5.56 Å². The Morgan fingerprint density at radius 1 is 1.20 bits per heavy atom. The summed E-state index contributed by atoms with van der Waals surface area (Å²) in [5.41, 5.74) is 0.0414. The lowest BCUT2D eigenvalue weighted by molar-refractivity contribution is -0.0690. The molecular formula is C19H32N4O2. The fraction of sp³-hybridized carbons (Fsp3) is 0.789. The van der Waals surface area contributed by atoms with Crippen LogP contribution in [0.2, 0.25) is 0 Å². The number of aromatic nitrogens is 2. The largest absolute Gasteiger partial charge is 0.373 e. The second-order valence-electron chi connectivity index (χ2n) is 7.58. The number of piperidine rings is 1. The molecular weight excluding hydrogens is 316 g/mol. The average Bonchev–Trinajstić information content (AvgIpc) is 2.60. The first kappa shape index (κ1) is 18.4. The number of nitrogens with zero attached hydrogens (tertiary/aromatic N) is 4. The molecule has 0 saturated carbocycles. The maximum absolute atomic E-state index is 12.4. The molecule has 25 heavy (non-hydrogen) atoms. The molecule has 3 heterocycles. The molecule has 3 rings (SSSR count). The standard InChI is InChI=1S/C19H32N4O2/c1-4-22-12-8-20-18(19(22)24)23-10-6-17(7-11-23)5-9-21-13-15(2)25-16(3)14-21/h8,12,15-17H,4-7,9-11,13-14H2,1-3H3. The molecule has 1 aromatic heterocycles. The highest BCUT2D eigenvalue weighted by molar-refractivity contribution is 5.36. The topological polar surface area (TPSA) is 50.6 Å². The maximum Gasteiger partial charge on any atom is 0.293 e. The lowest BCUT2D eigenvalue weighted by atomic mass is 9.93. The summed E-state index contributed by atoms with van der Waals surface area (Å²) in [6.07, 6.45) is 7.74. The molecule has 0 spiro atoms. The van der Waals surface area contributed by atoms with Crippen molar-refractivity contribution in [2.75, 3.05) is 37.6 Å². The fourth-order valence-electron chi connectivity index (χ4n) is 4.17. The van der Waals surface area contributed by atoms with E-state index in [1.165, 1.54) is 6.42 Å². The van der Waals surface area contributed by atoms with Crippen molar-refractivity contribution in [2.24, 2.45) is 5.92 Å². The highest BCUT2D eigenvalue weighted by Gasteiger charge is 2.25. The van der Waals surface area contributed by atoms with E-state index in [0.717, 1.165) is 51.5 Å². The van der Waals surface area contributed by atoms with Crippen molar-refractivity contribution in [3.8, 4) is 0 Å². The molecule has 2 unspecified atom stereocenters. The van der Waals surface area contributed by atoms with E-state index < -0.39 is 0 Å². The number of hydrogen-bond acceptors (Lipinski definition) is 5. The lowest BCUT2D eigenvalue weighted by Crippen LogP contribution is -2.46. The Morgan fingerprint density at radius 3 is 2.52 bits per heavy atom. The first-order chi connectivity index (χ1) is 12.1. The molecule has 2 fully saturated rings. The summed E-state index contributed by atoms with van der Waals surface area (Å²) in [4.78, 5) is 21.5. The molecule has 0 amide bonds. The minimum Gasteiger partial charge on any atom is -0.373 e.